The third-order valence-corrected chi connectivity index (χ3v) is 6.41. The van der Waals surface area contributed by atoms with Crippen LogP contribution in [-0.2, 0) is 24.1 Å². The highest BCUT2D eigenvalue weighted by atomic mass is 19.1. The average Bonchev–Trinajstić information content (AvgIpc) is 3.31. The van der Waals surface area contributed by atoms with Crippen molar-refractivity contribution in [2.45, 2.75) is 44.6 Å². The summed E-state index contributed by atoms with van der Waals surface area (Å²) in [4.78, 5) is 19.8. The molecule has 2 aliphatic rings. The molecule has 0 bridgehead atoms. The average molecular weight is 431 g/mol. The van der Waals surface area contributed by atoms with Crippen molar-refractivity contribution in [3.8, 4) is 5.75 Å². The number of halogens is 1. The van der Waals surface area contributed by atoms with Gasteiger partial charge in [0, 0.05) is 12.7 Å². The normalized spacial score (nSPS) is 17.7. The molecule has 1 saturated heterocycles. The zero-order chi connectivity index (χ0) is 21.9. The van der Waals surface area contributed by atoms with Crippen LogP contribution in [0.5, 0.6) is 5.75 Å². The van der Waals surface area contributed by atoms with Crippen molar-refractivity contribution in [1.82, 2.24) is 9.88 Å². The van der Waals surface area contributed by atoms with E-state index in [4.69, 9.17) is 4.74 Å². The van der Waals surface area contributed by atoms with Gasteiger partial charge in [0.05, 0.1) is 24.8 Å². The van der Waals surface area contributed by atoms with E-state index in [1.165, 1.54) is 17.7 Å². The van der Waals surface area contributed by atoms with Crippen LogP contribution in [0.4, 0.5) is 4.39 Å². The number of hydrogen-bond donors (Lipinski definition) is 0. The minimum Gasteiger partial charge on any atom is -0.493 e. The quantitative estimate of drug-likeness (QED) is 0.569. The maximum Gasteiger partial charge on any atom is 0.227 e. The summed E-state index contributed by atoms with van der Waals surface area (Å²) in [6.07, 6.45) is 6.97. The van der Waals surface area contributed by atoms with Crippen LogP contribution in [-0.4, -0.2) is 28.9 Å². The SMILES string of the molecule is O=C(Cc1ccc2c(c1)CCCO2)N1CCC[C@H]1c1ccc(Cc2ccc(F)cc2)cn1. The molecular formula is C27H27FN2O2. The molecule has 32 heavy (non-hydrogen) atoms. The van der Waals surface area contributed by atoms with E-state index in [1.807, 2.05) is 29.3 Å². The van der Waals surface area contributed by atoms with Gasteiger partial charge in [-0.25, -0.2) is 4.39 Å². The largest absolute Gasteiger partial charge is 0.493 e. The first-order valence-electron chi connectivity index (χ1n) is 11.4. The Morgan fingerprint density at radius 3 is 2.66 bits per heavy atom. The fourth-order valence-corrected chi connectivity index (χ4v) is 4.75. The lowest BCUT2D eigenvalue weighted by Gasteiger charge is -2.25. The molecule has 1 atom stereocenters. The Balaban J connectivity index is 1.25. The molecule has 164 valence electrons. The molecule has 1 fully saturated rings. The second kappa shape index (κ2) is 9.11. The number of ether oxygens (including phenoxy) is 1. The summed E-state index contributed by atoms with van der Waals surface area (Å²) < 4.78 is 18.8. The fraction of sp³-hybridized carbons (Fsp3) is 0.333. The zero-order valence-corrected chi connectivity index (χ0v) is 18.1. The second-order valence-corrected chi connectivity index (χ2v) is 8.71. The summed E-state index contributed by atoms with van der Waals surface area (Å²) in [6.45, 7) is 1.55. The lowest BCUT2D eigenvalue weighted by Crippen LogP contribution is -2.32. The number of hydrogen-bond acceptors (Lipinski definition) is 3. The van der Waals surface area contributed by atoms with Crippen molar-refractivity contribution in [1.29, 1.82) is 0 Å². The number of nitrogens with zero attached hydrogens (tertiary/aromatic N) is 2. The lowest BCUT2D eigenvalue weighted by atomic mass is 10.0. The van der Waals surface area contributed by atoms with Gasteiger partial charge in [-0.2, -0.15) is 0 Å². The highest BCUT2D eigenvalue weighted by Crippen LogP contribution is 2.32. The van der Waals surface area contributed by atoms with E-state index >= 15 is 0 Å². The minimum absolute atomic E-state index is 0.0309. The van der Waals surface area contributed by atoms with Gasteiger partial charge in [0.1, 0.15) is 11.6 Å². The van der Waals surface area contributed by atoms with Crippen molar-refractivity contribution >= 4 is 5.91 Å². The van der Waals surface area contributed by atoms with Crippen molar-refractivity contribution in [3.05, 3.63) is 94.6 Å². The summed E-state index contributed by atoms with van der Waals surface area (Å²) in [6, 6.07) is 16.8. The van der Waals surface area contributed by atoms with Crippen molar-refractivity contribution in [2.24, 2.45) is 0 Å². The van der Waals surface area contributed by atoms with E-state index in [9.17, 15) is 9.18 Å². The Kier molecular flexibility index (Phi) is 5.89. The molecule has 2 aliphatic heterocycles. The van der Waals surface area contributed by atoms with Gasteiger partial charge in [-0.1, -0.05) is 30.3 Å². The molecule has 5 heteroatoms. The maximum absolute atomic E-state index is 13.1. The third kappa shape index (κ3) is 4.52. The van der Waals surface area contributed by atoms with Gasteiger partial charge in [-0.15, -0.1) is 0 Å². The Bertz CT molecular complexity index is 1100. The molecule has 0 aliphatic carbocycles. The second-order valence-electron chi connectivity index (χ2n) is 8.71. The Morgan fingerprint density at radius 2 is 1.84 bits per heavy atom. The van der Waals surface area contributed by atoms with Gasteiger partial charge >= 0.3 is 0 Å². The van der Waals surface area contributed by atoms with Gasteiger partial charge in [0.25, 0.3) is 0 Å². The lowest BCUT2D eigenvalue weighted by molar-refractivity contribution is -0.131. The fourth-order valence-electron chi connectivity index (χ4n) is 4.75. The number of likely N-dealkylation sites (tertiary alicyclic amines) is 1. The topological polar surface area (TPSA) is 42.4 Å². The van der Waals surface area contributed by atoms with E-state index in [0.29, 0.717) is 12.8 Å². The number of fused-ring (bicyclic) bond motifs is 1. The molecule has 2 aromatic carbocycles. The van der Waals surface area contributed by atoms with Crippen LogP contribution in [0.3, 0.4) is 0 Å². The van der Waals surface area contributed by atoms with Crippen LogP contribution < -0.4 is 4.74 Å². The number of carbonyl (C=O) groups excluding carboxylic acids is 1. The predicted octanol–water partition coefficient (Wildman–Crippen LogP) is 5.04. The monoisotopic (exact) mass is 430 g/mol. The van der Waals surface area contributed by atoms with Gasteiger partial charge in [0.2, 0.25) is 5.91 Å². The van der Waals surface area contributed by atoms with E-state index in [-0.39, 0.29) is 17.8 Å². The Hall–Kier alpha value is -3.21. The third-order valence-electron chi connectivity index (χ3n) is 6.41. The molecule has 0 radical (unpaired) electrons. The smallest absolute Gasteiger partial charge is 0.227 e. The number of pyridine rings is 1. The van der Waals surface area contributed by atoms with E-state index in [1.54, 1.807) is 12.1 Å². The number of aromatic nitrogens is 1. The van der Waals surface area contributed by atoms with Crippen LogP contribution in [0, 0.1) is 5.82 Å². The summed E-state index contributed by atoms with van der Waals surface area (Å²) in [5, 5.41) is 0. The summed E-state index contributed by atoms with van der Waals surface area (Å²) in [7, 11) is 0. The van der Waals surface area contributed by atoms with Gasteiger partial charge in [-0.3, -0.25) is 9.78 Å². The van der Waals surface area contributed by atoms with Gasteiger partial charge in [-0.05, 0) is 78.6 Å². The molecule has 0 saturated carbocycles. The van der Waals surface area contributed by atoms with Crippen LogP contribution in [0.25, 0.3) is 0 Å². The molecular weight excluding hydrogens is 403 g/mol. The Morgan fingerprint density at radius 1 is 1.03 bits per heavy atom. The molecule has 3 heterocycles. The highest BCUT2D eigenvalue weighted by Gasteiger charge is 2.30. The maximum atomic E-state index is 13.1. The number of aryl methyl sites for hydroxylation is 1. The molecule has 3 aromatic rings. The van der Waals surface area contributed by atoms with E-state index in [0.717, 1.165) is 67.0 Å². The van der Waals surface area contributed by atoms with Crippen molar-refractivity contribution < 1.29 is 13.9 Å². The van der Waals surface area contributed by atoms with Crippen LogP contribution in [0.15, 0.2) is 60.8 Å². The van der Waals surface area contributed by atoms with E-state index in [2.05, 4.69) is 17.1 Å². The summed E-state index contributed by atoms with van der Waals surface area (Å²) >= 11 is 0. The number of amides is 1. The molecule has 4 nitrogen and oxygen atoms in total. The van der Waals surface area contributed by atoms with E-state index < -0.39 is 0 Å². The minimum atomic E-state index is -0.225. The van der Waals surface area contributed by atoms with Gasteiger partial charge < -0.3 is 9.64 Å². The zero-order valence-electron chi connectivity index (χ0n) is 18.1. The van der Waals surface area contributed by atoms with Crippen molar-refractivity contribution in [2.75, 3.05) is 13.2 Å². The first-order valence-corrected chi connectivity index (χ1v) is 11.4. The molecule has 5 rings (SSSR count). The first-order chi connectivity index (χ1) is 15.7. The molecule has 0 spiro atoms. The number of benzene rings is 2. The molecule has 1 aromatic heterocycles. The molecule has 0 N–H and O–H groups in total. The van der Waals surface area contributed by atoms with Crippen LogP contribution >= 0.6 is 0 Å². The highest BCUT2D eigenvalue weighted by molar-refractivity contribution is 5.79. The molecule has 1 amide bonds. The number of rotatable bonds is 5. The molecule has 0 unspecified atom stereocenters. The van der Waals surface area contributed by atoms with Crippen molar-refractivity contribution in [3.63, 3.8) is 0 Å². The summed E-state index contributed by atoms with van der Waals surface area (Å²) in [5.74, 6) is 0.884. The van der Waals surface area contributed by atoms with Crippen LogP contribution in [0.2, 0.25) is 0 Å². The summed E-state index contributed by atoms with van der Waals surface area (Å²) in [5.41, 5.74) is 5.32. The first kappa shape index (κ1) is 20.7. The van der Waals surface area contributed by atoms with Crippen LogP contribution in [0.1, 0.15) is 53.3 Å². The van der Waals surface area contributed by atoms with Gasteiger partial charge in [0.15, 0.2) is 0 Å². The predicted molar refractivity (Wildman–Crippen MR) is 121 cm³/mol. The number of carbonyl (C=O) groups is 1. The standard InChI is InChI=1S/C27H27FN2O2/c28-23-9-5-19(6-10-23)15-21-7-11-24(29-18-21)25-4-1-13-30(25)27(31)17-20-8-12-26-22(16-20)3-2-14-32-26/h5-12,16,18,25H,1-4,13-15,17H2/t25-/m0/s1. The Labute approximate surface area is 188 Å².